The quantitative estimate of drug-likeness (QED) is 0.364. The summed E-state index contributed by atoms with van der Waals surface area (Å²) in [6, 6.07) is 28.5. The summed E-state index contributed by atoms with van der Waals surface area (Å²) in [6.45, 7) is 3.66. The number of rotatable bonds is 6. The predicted octanol–water partition coefficient (Wildman–Crippen LogP) is 4.65. The van der Waals surface area contributed by atoms with Crippen LogP contribution in [0.4, 0.5) is 11.4 Å². The standard InChI is InChI=1S/C30H28N6O/c37-30(34-26-8-4-5-9-28(26)35-18-15-31-16-19-35)27-14-17-36-29(33-27)25(21-32-36)24-12-10-23(11-13-24)20-22-6-2-1-3-7-22/h1-14,17,21,31H,15-16,18-20H2,(H,34,37). The van der Waals surface area contributed by atoms with Crippen LogP contribution in [0.25, 0.3) is 16.8 Å². The van der Waals surface area contributed by atoms with Crippen molar-refractivity contribution < 1.29 is 4.79 Å². The van der Waals surface area contributed by atoms with E-state index in [2.05, 4.69) is 69.2 Å². The summed E-state index contributed by atoms with van der Waals surface area (Å²) in [5, 5.41) is 10.9. The molecule has 37 heavy (non-hydrogen) atoms. The van der Waals surface area contributed by atoms with E-state index < -0.39 is 0 Å². The molecule has 0 unspecified atom stereocenters. The minimum atomic E-state index is -0.240. The first-order chi connectivity index (χ1) is 18.2. The van der Waals surface area contributed by atoms with E-state index in [9.17, 15) is 4.79 Å². The molecule has 0 bridgehead atoms. The molecule has 0 aliphatic carbocycles. The maximum Gasteiger partial charge on any atom is 0.274 e. The van der Waals surface area contributed by atoms with Gasteiger partial charge in [0, 0.05) is 37.9 Å². The molecule has 7 heteroatoms. The first-order valence-corrected chi connectivity index (χ1v) is 12.6. The molecule has 2 aromatic heterocycles. The molecule has 2 N–H and O–H groups in total. The van der Waals surface area contributed by atoms with Crippen molar-refractivity contribution in [2.75, 3.05) is 36.4 Å². The number of hydrogen-bond acceptors (Lipinski definition) is 5. The molecule has 5 aromatic rings. The van der Waals surface area contributed by atoms with Crippen LogP contribution in [-0.4, -0.2) is 46.7 Å². The summed E-state index contributed by atoms with van der Waals surface area (Å²) >= 11 is 0. The molecule has 3 heterocycles. The van der Waals surface area contributed by atoms with Gasteiger partial charge in [0.2, 0.25) is 0 Å². The number of hydrogen-bond donors (Lipinski definition) is 2. The molecule has 184 valence electrons. The third-order valence-electron chi connectivity index (χ3n) is 6.73. The number of nitrogens with one attached hydrogen (secondary N) is 2. The Morgan fingerprint density at radius 3 is 2.41 bits per heavy atom. The second-order valence-electron chi connectivity index (χ2n) is 9.21. The van der Waals surface area contributed by atoms with Crippen molar-refractivity contribution in [1.82, 2.24) is 19.9 Å². The van der Waals surface area contributed by atoms with E-state index in [-0.39, 0.29) is 5.91 Å². The number of carbonyl (C=O) groups is 1. The highest BCUT2D eigenvalue weighted by Gasteiger charge is 2.18. The topological polar surface area (TPSA) is 74.6 Å². The number of piperazine rings is 1. The molecule has 3 aromatic carbocycles. The van der Waals surface area contributed by atoms with Gasteiger partial charge >= 0.3 is 0 Å². The van der Waals surface area contributed by atoms with Gasteiger partial charge in [-0.3, -0.25) is 4.79 Å². The lowest BCUT2D eigenvalue weighted by Gasteiger charge is -2.31. The number of benzene rings is 3. The average molecular weight is 489 g/mol. The van der Waals surface area contributed by atoms with E-state index in [1.165, 1.54) is 11.1 Å². The molecule has 1 saturated heterocycles. The summed E-state index contributed by atoms with van der Waals surface area (Å²) in [5.74, 6) is -0.240. The van der Waals surface area contributed by atoms with E-state index in [0.717, 1.165) is 55.1 Å². The van der Waals surface area contributed by atoms with Crippen molar-refractivity contribution in [2.45, 2.75) is 6.42 Å². The summed E-state index contributed by atoms with van der Waals surface area (Å²) in [6.07, 6.45) is 4.47. The molecule has 1 amide bonds. The molecule has 1 aliphatic rings. The van der Waals surface area contributed by atoms with Crippen molar-refractivity contribution in [2.24, 2.45) is 0 Å². The van der Waals surface area contributed by atoms with Gasteiger partial charge in [-0.1, -0.05) is 66.7 Å². The third kappa shape index (κ3) is 4.94. The van der Waals surface area contributed by atoms with Crippen LogP contribution in [0.15, 0.2) is 97.3 Å². The summed E-state index contributed by atoms with van der Waals surface area (Å²) < 4.78 is 1.71. The van der Waals surface area contributed by atoms with Crippen molar-refractivity contribution in [1.29, 1.82) is 0 Å². The molecule has 1 aliphatic heterocycles. The second kappa shape index (κ2) is 10.2. The highest BCUT2D eigenvalue weighted by Crippen LogP contribution is 2.27. The fourth-order valence-corrected chi connectivity index (χ4v) is 4.78. The molecule has 0 radical (unpaired) electrons. The van der Waals surface area contributed by atoms with Crippen LogP contribution in [0, 0.1) is 0 Å². The highest BCUT2D eigenvalue weighted by atomic mass is 16.1. The van der Waals surface area contributed by atoms with Crippen molar-refractivity contribution in [3.05, 3.63) is 114 Å². The maximum absolute atomic E-state index is 13.2. The molecule has 1 fully saturated rings. The number of fused-ring (bicyclic) bond motifs is 1. The van der Waals surface area contributed by atoms with Gasteiger partial charge in [-0.15, -0.1) is 0 Å². The van der Waals surface area contributed by atoms with E-state index in [1.54, 1.807) is 23.0 Å². The minimum Gasteiger partial charge on any atom is -0.367 e. The van der Waals surface area contributed by atoms with Gasteiger partial charge in [-0.25, -0.2) is 9.50 Å². The van der Waals surface area contributed by atoms with Gasteiger partial charge in [0.25, 0.3) is 5.91 Å². The normalized spacial score (nSPS) is 13.6. The molecule has 7 nitrogen and oxygen atoms in total. The van der Waals surface area contributed by atoms with Crippen molar-refractivity contribution >= 4 is 22.9 Å². The van der Waals surface area contributed by atoms with Crippen LogP contribution < -0.4 is 15.5 Å². The van der Waals surface area contributed by atoms with E-state index in [1.807, 2.05) is 30.3 Å². The van der Waals surface area contributed by atoms with Gasteiger partial charge in [0.05, 0.1) is 17.6 Å². The first-order valence-electron chi connectivity index (χ1n) is 12.6. The number of aromatic nitrogens is 3. The third-order valence-corrected chi connectivity index (χ3v) is 6.73. The monoisotopic (exact) mass is 488 g/mol. The first kappa shape index (κ1) is 22.9. The molecule has 0 atom stereocenters. The Balaban J connectivity index is 1.24. The number of para-hydroxylation sites is 2. The Morgan fingerprint density at radius 1 is 0.865 bits per heavy atom. The van der Waals surface area contributed by atoms with Crippen LogP contribution in [0.1, 0.15) is 21.6 Å². The molecule has 6 rings (SSSR count). The fraction of sp³-hybridized carbons (Fsp3) is 0.167. The summed E-state index contributed by atoms with van der Waals surface area (Å²) in [4.78, 5) is 20.2. The largest absolute Gasteiger partial charge is 0.367 e. The maximum atomic E-state index is 13.2. The SMILES string of the molecule is O=C(Nc1ccccc1N1CCNCC1)c1ccn2ncc(-c3ccc(Cc4ccccc4)cc3)c2n1. The Kier molecular flexibility index (Phi) is 6.35. The van der Waals surface area contributed by atoms with Gasteiger partial charge in [-0.2, -0.15) is 5.10 Å². The van der Waals surface area contributed by atoms with E-state index in [4.69, 9.17) is 4.98 Å². The number of anilines is 2. The summed E-state index contributed by atoms with van der Waals surface area (Å²) in [5.41, 5.74) is 7.24. The number of nitrogens with zero attached hydrogens (tertiary/aromatic N) is 4. The zero-order chi connectivity index (χ0) is 25.0. The second-order valence-corrected chi connectivity index (χ2v) is 9.21. The Labute approximate surface area is 215 Å². The van der Waals surface area contributed by atoms with Crippen LogP contribution >= 0.6 is 0 Å². The fourth-order valence-electron chi connectivity index (χ4n) is 4.78. The smallest absolute Gasteiger partial charge is 0.274 e. The highest BCUT2D eigenvalue weighted by molar-refractivity contribution is 6.05. The van der Waals surface area contributed by atoms with Crippen LogP contribution in [0.2, 0.25) is 0 Å². The summed E-state index contributed by atoms with van der Waals surface area (Å²) in [7, 11) is 0. The molecular formula is C30H28N6O. The van der Waals surface area contributed by atoms with Crippen LogP contribution in [0.3, 0.4) is 0 Å². The van der Waals surface area contributed by atoms with E-state index >= 15 is 0 Å². The van der Waals surface area contributed by atoms with Crippen LogP contribution in [-0.2, 0) is 6.42 Å². The Bertz CT molecular complexity index is 1520. The predicted molar refractivity (Wildman–Crippen MR) is 147 cm³/mol. The molecular weight excluding hydrogens is 460 g/mol. The van der Waals surface area contributed by atoms with Gasteiger partial charge < -0.3 is 15.5 Å². The number of carbonyl (C=O) groups excluding carboxylic acids is 1. The number of amides is 1. The lowest BCUT2D eigenvalue weighted by molar-refractivity contribution is 0.102. The van der Waals surface area contributed by atoms with Gasteiger partial charge in [0.1, 0.15) is 5.69 Å². The van der Waals surface area contributed by atoms with Crippen molar-refractivity contribution in [3.63, 3.8) is 0 Å². The molecule has 0 spiro atoms. The molecule has 0 saturated carbocycles. The Hall–Kier alpha value is -4.49. The van der Waals surface area contributed by atoms with Crippen molar-refractivity contribution in [3.8, 4) is 11.1 Å². The minimum absolute atomic E-state index is 0.240. The van der Waals surface area contributed by atoms with Crippen LogP contribution in [0.5, 0.6) is 0 Å². The zero-order valence-electron chi connectivity index (χ0n) is 20.5. The Morgan fingerprint density at radius 2 is 1.59 bits per heavy atom. The van der Waals surface area contributed by atoms with E-state index in [0.29, 0.717) is 11.3 Å². The lowest BCUT2D eigenvalue weighted by Crippen LogP contribution is -2.43. The lowest BCUT2D eigenvalue weighted by atomic mass is 10.0. The van der Waals surface area contributed by atoms with Gasteiger partial charge in [-0.05, 0) is 41.3 Å². The average Bonchev–Trinajstić information content (AvgIpc) is 3.38. The van der Waals surface area contributed by atoms with Gasteiger partial charge in [0.15, 0.2) is 5.65 Å². The zero-order valence-corrected chi connectivity index (χ0v) is 20.5.